The van der Waals surface area contributed by atoms with E-state index in [1.807, 2.05) is 0 Å². The number of aromatic hydroxyl groups is 1. The van der Waals surface area contributed by atoms with Gasteiger partial charge in [-0.05, 0) is 12.1 Å². The quantitative estimate of drug-likeness (QED) is 0.803. The molecule has 0 radical (unpaired) electrons. The van der Waals surface area contributed by atoms with E-state index in [0.717, 1.165) is 11.8 Å². The van der Waals surface area contributed by atoms with Crippen LogP contribution in [0.4, 0.5) is 0 Å². The van der Waals surface area contributed by atoms with Gasteiger partial charge in [0.1, 0.15) is 6.29 Å². The Morgan fingerprint density at radius 1 is 1.59 bits per heavy atom. The normalized spacial score (nSPS) is 23.6. The summed E-state index contributed by atoms with van der Waals surface area (Å²) in [5.41, 5.74) is 0.757. The molecule has 1 aromatic carbocycles. The van der Waals surface area contributed by atoms with Gasteiger partial charge in [0.25, 0.3) is 0 Å². The molecule has 1 N–H and O–H groups in total. The highest BCUT2D eigenvalue weighted by molar-refractivity contribution is 5.50. The maximum absolute atomic E-state index is 10.4. The second-order valence-electron chi connectivity index (χ2n) is 3.76. The molecule has 5 nitrogen and oxygen atoms in total. The first kappa shape index (κ1) is 11.9. The minimum absolute atomic E-state index is 0.0682. The lowest BCUT2D eigenvalue weighted by molar-refractivity contribution is -0.111. The lowest BCUT2D eigenvalue weighted by atomic mass is 10.2. The Bertz CT molecular complexity index is 404. The Morgan fingerprint density at radius 3 is 3.12 bits per heavy atom. The lowest BCUT2D eigenvalue weighted by Gasteiger charge is -2.12. The van der Waals surface area contributed by atoms with E-state index in [1.165, 1.54) is 13.2 Å². The number of phenols is 1. The van der Waals surface area contributed by atoms with E-state index in [0.29, 0.717) is 18.8 Å². The van der Waals surface area contributed by atoms with Gasteiger partial charge in [-0.2, -0.15) is 0 Å². The number of phenolic OH excluding ortho intramolecular Hbond substituents is 1. The van der Waals surface area contributed by atoms with Gasteiger partial charge in [0.15, 0.2) is 17.8 Å². The molecule has 2 unspecified atom stereocenters. The summed E-state index contributed by atoms with van der Waals surface area (Å²) in [7, 11) is 1.48. The van der Waals surface area contributed by atoms with Crippen molar-refractivity contribution in [2.45, 2.75) is 18.8 Å². The number of carbonyl (C=O) groups is 1. The molecular weight excluding hydrogens is 224 g/mol. The highest BCUT2D eigenvalue weighted by atomic mass is 16.7. The summed E-state index contributed by atoms with van der Waals surface area (Å²) in [6.45, 7) is 0.395. The van der Waals surface area contributed by atoms with Crippen LogP contribution in [0.3, 0.4) is 0 Å². The molecule has 1 saturated heterocycles. The summed E-state index contributed by atoms with van der Waals surface area (Å²) in [6.07, 6.45) is 0.436. The van der Waals surface area contributed by atoms with E-state index < -0.39 is 6.29 Å². The Morgan fingerprint density at radius 2 is 2.41 bits per heavy atom. The fourth-order valence-electron chi connectivity index (χ4n) is 1.69. The number of aldehydes is 1. The summed E-state index contributed by atoms with van der Waals surface area (Å²) >= 11 is 0. The molecule has 5 heteroatoms. The van der Waals surface area contributed by atoms with E-state index in [-0.39, 0.29) is 11.9 Å². The molecule has 0 bridgehead atoms. The van der Waals surface area contributed by atoms with Gasteiger partial charge in [0, 0.05) is 12.0 Å². The monoisotopic (exact) mass is 238 g/mol. The second kappa shape index (κ2) is 5.16. The fourth-order valence-corrected chi connectivity index (χ4v) is 1.69. The molecular formula is C12H14O5. The van der Waals surface area contributed by atoms with E-state index in [1.54, 1.807) is 12.1 Å². The number of rotatable bonds is 4. The van der Waals surface area contributed by atoms with Crippen molar-refractivity contribution in [3.05, 3.63) is 23.8 Å². The molecule has 0 aromatic heterocycles. The summed E-state index contributed by atoms with van der Waals surface area (Å²) in [5.74, 6) is 0.437. The maximum atomic E-state index is 10.4. The average molecular weight is 238 g/mol. The number of hydrogen-bond donors (Lipinski definition) is 1. The van der Waals surface area contributed by atoms with E-state index >= 15 is 0 Å². The van der Waals surface area contributed by atoms with Crippen LogP contribution in [-0.2, 0) is 14.3 Å². The van der Waals surface area contributed by atoms with Crippen LogP contribution in [0.25, 0.3) is 0 Å². The molecule has 92 valence electrons. The zero-order chi connectivity index (χ0) is 12.3. The molecule has 1 heterocycles. The van der Waals surface area contributed by atoms with Gasteiger partial charge in [-0.25, -0.2) is 0 Å². The molecule has 0 aliphatic carbocycles. The second-order valence-corrected chi connectivity index (χ2v) is 3.76. The molecule has 1 fully saturated rings. The maximum Gasteiger partial charge on any atom is 0.184 e. The average Bonchev–Trinajstić information content (AvgIpc) is 2.79. The predicted octanol–water partition coefficient (Wildman–Crippen LogP) is 1.40. The van der Waals surface area contributed by atoms with Gasteiger partial charge in [-0.15, -0.1) is 0 Å². The van der Waals surface area contributed by atoms with Gasteiger partial charge in [0.05, 0.1) is 19.8 Å². The largest absolute Gasteiger partial charge is 0.504 e. The van der Waals surface area contributed by atoms with Gasteiger partial charge in [-0.1, -0.05) is 6.07 Å². The molecule has 17 heavy (non-hydrogen) atoms. The highest BCUT2D eigenvalue weighted by Gasteiger charge is 2.27. The topological polar surface area (TPSA) is 65.0 Å². The van der Waals surface area contributed by atoms with Crippen LogP contribution in [0.2, 0.25) is 0 Å². The molecule has 0 spiro atoms. The SMILES string of the molecule is COc1cc(C2OCC(CC=O)O2)ccc1O. The van der Waals surface area contributed by atoms with Crippen molar-refractivity contribution < 1.29 is 24.1 Å². The van der Waals surface area contributed by atoms with Crippen molar-refractivity contribution in [3.8, 4) is 11.5 Å². The number of benzene rings is 1. The van der Waals surface area contributed by atoms with Crippen molar-refractivity contribution >= 4 is 6.29 Å². The zero-order valence-electron chi connectivity index (χ0n) is 9.46. The number of hydrogen-bond acceptors (Lipinski definition) is 5. The van der Waals surface area contributed by atoms with Crippen molar-refractivity contribution in [2.24, 2.45) is 0 Å². The minimum atomic E-state index is -0.505. The van der Waals surface area contributed by atoms with Gasteiger partial charge >= 0.3 is 0 Å². The molecule has 1 aliphatic heterocycles. The van der Waals surface area contributed by atoms with Crippen molar-refractivity contribution in [1.82, 2.24) is 0 Å². The summed E-state index contributed by atoms with van der Waals surface area (Å²) < 4.78 is 16.0. The third-order valence-electron chi connectivity index (χ3n) is 2.58. The summed E-state index contributed by atoms with van der Waals surface area (Å²) in [4.78, 5) is 10.4. The summed E-state index contributed by atoms with van der Waals surface area (Å²) in [6, 6.07) is 4.88. The number of ether oxygens (including phenoxy) is 3. The zero-order valence-corrected chi connectivity index (χ0v) is 9.46. The van der Waals surface area contributed by atoms with E-state index in [2.05, 4.69) is 0 Å². The molecule has 2 rings (SSSR count). The van der Waals surface area contributed by atoms with Crippen molar-refractivity contribution in [3.63, 3.8) is 0 Å². The van der Waals surface area contributed by atoms with Crippen LogP contribution in [0.5, 0.6) is 11.5 Å². The fraction of sp³-hybridized carbons (Fsp3) is 0.417. The van der Waals surface area contributed by atoms with Crippen LogP contribution >= 0.6 is 0 Å². The third-order valence-corrected chi connectivity index (χ3v) is 2.58. The molecule has 0 amide bonds. The Kier molecular flexibility index (Phi) is 3.61. The Balaban J connectivity index is 2.10. The highest BCUT2D eigenvalue weighted by Crippen LogP contribution is 2.33. The third kappa shape index (κ3) is 2.57. The number of carbonyl (C=O) groups excluding carboxylic acids is 1. The van der Waals surface area contributed by atoms with Gasteiger partial charge < -0.3 is 24.1 Å². The Hall–Kier alpha value is -1.59. The molecule has 1 aromatic rings. The number of methoxy groups -OCH3 is 1. The first-order valence-electron chi connectivity index (χ1n) is 5.32. The van der Waals surface area contributed by atoms with Crippen LogP contribution < -0.4 is 4.74 Å². The van der Waals surface area contributed by atoms with Gasteiger partial charge in [0.2, 0.25) is 0 Å². The lowest BCUT2D eigenvalue weighted by Crippen LogP contribution is -2.09. The predicted molar refractivity (Wildman–Crippen MR) is 58.9 cm³/mol. The first-order chi connectivity index (χ1) is 8.24. The molecule has 2 atom stereocenters. The van der Waals surface area contributed by atoms with Crippen LogP contribution in [0, 0.1) is 0 Å². The first-order valence-corrected chi connectivity index (χ1v) is 5.32. The van der Waals surface area contributed by atoms with E-state index in [4.69, 9.17) is 14.2 Å². The standard InChI is InChI=1S/C12H14O5/c1-15-11-6-8(2-3-10(11)14)12-16-7-9(17-12)4-5-13/h2-3,5-6,9,12,14H,4,7H2,1H3. The smallest absolute Gasteiger partial charge is 0.184 e. The van der Waals surface area contributed by atoms with Gasteiger partial charge in [-0.3, -0.25) is 0 Å². The molecule has 1 aliphatic rings. The van der Waals surface area contributed by atoms with Crippen LogP contribution in [0.1, 0.15) is 18.3 Å². The van der Waals surface area contributed by atoms with Crippen LogP contribution in [-0.4, -0.2) is 31.2 Å². The Labute approximate surface area is 98.9 Å². The minimum Gasteiger partial charge on any atom is -0.504 e. The molecule has 0 saturated carbocycles. The summed E-state index contributed by atoms with van der Waals surface area (Å²) in [5, 5.41) is 9.46. The van der Waals surface area contributed by atoms with Crippen LogP contribution in [0.15, 0.2) is 18.2 Å². The van der Waals surface area contributed by atoms with Crippen molar-refractivity contribution in [1.29, 1.82) is 0 Å². The van der Waals surface area contributed by atoms with E-state index in [9.17, 15) is 9.90 Å². The van der Waals surface area contributed by atoms with Crippen molar-refractivity contribution in [2.75, 3.05) is 13.7 Å².